The third-order valence-corrected chi connectivity index (χ3v) is 4.88. The van der Waals surface area contributed by atoms with E-state index < -0.39 is 0 Å². The van der Waals surface area contributed by atoms with Gasteiger partial charge in [0.1, 0.15) is 5.75 Å². The summed E-state index contributed by atoms with van der Waals surface area (Å²) in [6.45, 7) is 0. The second-order valence-corrected chi connectivity index (χ2v) is 6.40. The zero-order valence-electron chi connectivity index (χ0n) is 12.1. The fraction of sp³-hybridized carbons (Fsp3) is 0. The number of benzene rings is 3. The van der Waals surface area contributed by atoms with Crippen molar-refractivity contribution in [1.29, 1.82) is 0 Å². The third-order valence-electron chi connectivity index (χ3n) is 3.76. The van der Waals surface area contributed by atoms with Crippen LogP contribution in [-0.2, 0) is 0 Å². The Morgan fingerprint density at radius 1 is 0.913 bits per heavy atom. The lowest BCUT2D eigenvalue weighted by Gasteiger charge is -2.08. The quantitative estimate of drug-likeness (QED) is 0.545. The number of anilines is 1. The molecule has 3 aromatic carbocycles. The largest absolute Gasteiger partial charge is 0.508 e. The predicted octanol–water partition coefficient (Wildman–Crippen LogP) is 5.01. The van der Waals surface area contributed by atoms with Crippen molar-refractivity contribution in [2.75, 3.05) is 5.32 Å². The van der Waals surface area contributed by atoms with Gasteiger partial charge in [0.05, 0.1) is 4.88 Å². The maximum absolute atomic E-state index is 12.5. The van der Waals surface area contributed by atoms with Crippen LogP contribution in [0.25, 0.3) is 20.9 Å². The Morgan fingerprint density at radius 2 is 1.74 bits per heavy atom. The number of carbonyl (C=O) groups is 1. The molecule has 3 nitrogen and oxygen atoms in total. The van der Waals surface area contributed by atoms with Crippen molar-refractivity contribution in [1.82, 2.24) is 0 Å². The topological polar surface area (TPSA) is 49.3 Å². The number of nitrogens with one attached hydrogen (secondary N) is 1. The molecule has 0 bridgehead atoms. The van der Waals surface area contributed by atoms with Gasteiger partial charge in [0.15, 0.2) is 0 Å². The zero-order valence-corrected chi connectivity index (χ0v) is 12.9. The van der Waals surface area contributed by atoms with Crippen LogP contribution in [0.3, 0.4) is 0 Å². The van der Waals surface area contributed by atoms with E-state index >= 15 is 0 Å². The summed E-state index contributed by atoms with van der Waals surface area (Å²) in [5, 5.41) is 15.5. The summed E-state index contributed by atoms with van der Waals surface area (Å²) in [4.78, 5) is 13.2. The molecule has 0 saturated carbocycles. The Bertz CT molecular complexity index is 1000. The molecule has 1 amide bonds. The summed E-state index contributed by atoms with van der Waals surface area (Å²) >= 11 is 1.47. The average molecular weight is 319 g/mol. The van der Waals surface area contributed by atoms with Gasteiger partial charge in [0.2, 0.25) is 0 Å². The molecule has 2 N–H and O–H groups in total. The van der Waals surface area contributed by atoms with Crippen molar-refractivity contribution in [3.05, 3.63) is 71.6 Å². The van der Waals surface area contributed by atoms with E-state index in [4.69, 9.17) is 0 Å². The number of hydrogen-bond acceptors (Lipinski definition) is 3. The van der Waals surface area contributed by atoms with Crippen molar-refractivity contribution in [3.63, 3.8) is 0 Å². The van der Waals surface area contributed by atoms with Crippen molar-refractivity contribution in [3.8, 4) is 5.75 Å². The number of hydrogen-bond donors (Lipinski definition) is 2. The Morgan fingerprint density at radius 3 is 2.61 bits per heavy atom. The molecule has 0 unspecified atom stereocenters. The number of fused-ring (bicyclic) bond motifs is 2. The van der Waals surface area contributed by atoms with Crippen LogP contribution in [0.15, 0.2) is 66.7 Å². The van der Waals surface area contributed by atoms with Crippen LogP contribution in [0.2, 0.25) is 0 Å². The third kappa shape index (κ3) is 2.53. The highest BCUT2D eigenvalue weighted by Gasteiger charge is 2.12. The second kappa shape index (κ2) is 5.41. The zero-order chi connectivity index (χ0) is 15.8. The Kier molecular flexibility index (Phi) is 3.24. The average Bonchev–Trinajstić information content (AvgIpc) is 2.99. The van der Waals surface area contributed by atoms with E-state index in [1.54, 1.807) is 12.1 Å². The minimum Gasteiger partial charge on any atom is -0.508 e. The first kappa shape index (κ1) is 13.8. The molecule has 112 valence electrons. The van der Waals surface area contributed by atoms with Gasteiger partial charge in [-0.2, -0.15) is 0 Å². The predicted molar refractivity (Wildman–Crippen MR) is 95.4 cm³/mol. The maximum Gasteiger partial charge on any atom is 0.265 e. The summed E-state index contributed by atoms with van der Waals surface area (Å²) < 4.78 is 1.09. The number of amides is 1. The minimum absolute atomic E-state index is 0.137. The first-order valence-electron chi connectivity index (χ1n) is 7.22. The lowest BCUT2D eigenvalue weighted by Crippen LogP contribution is -2.10. The summed E-state index contributed by atoms with van der Waals surface area (Å²) in [5.41, 5.74) is 0.695. The molecule has 0 fully saturated rings. The van der Waals surface area contributed by atoms with E-state index in [2.05, 4.69) is 5.32 Å². The van der Waals surface area contributed by atoms with Crippen LogP contribution in [0.5, 0.6) is 5.75 Å². The number of rotatable bonds is 2. The van der Waals surface area contributed by atoms with Gasteiger partial charge in [-0.3, -0.25) is 4.79 Å². The minimum atomic E-state index is -0.137. The van der Waals surface area contributed by atoms with Gasteiger partial charge in [-0.1, -0.05) is 36.4 Å². The normalized spacial score (nSPS) is 11.0. The second-order valence-electron chi connectivity index (χ2n) is 5.31. The summed E-state index contributed by atoms with van der Waals surface area (Å²) in [6, 6.07) is 20.6. The highest BCUT2D eigenvalue weighted by atomic mass is 32.1. The van der Waals surface area contributed by atoms with E-state index in [0.717, 1.165) is 20.9 Å². The van der Waals surface area contributed by atoms with E-state index in [1.807, 2.05) is 54.6 Å². The van der Waals surface area contributed by atoms with E-state index in [0.29, 0.717) is 10.6 Å². The molecular formula is C19H13NO2S. The van der Waals surface area contributed by atoms with Crippen LogP contribution in [0.1, 0.15) is 9.67 Å². The van der Waals surface area contributed by atoms with Crippen molar-refractivity contribution < 1.29 is 9.90 Å². The van der Waals surface area contributed by atoms with E-state index in [-0.39, 0.29) is 11.7 Å². The van der Waals surface area contributed by atoms with Crippen molar-refractivity contribution in [2.24, 2.45) is 0 Å². The lowest BCUT2D eigenvalue weighted by molar-refractivity contribution is 0.103. The Hall–Kier alpha value is -2.85. The molecule has 0 spiro atoms. The highest BCUT2D eigenvalue weighted by Crippen LogP contribution is 2.29. The van der Waals surface area contributed by atoms with Crippen molar-refractivity contribution >= 4 is 43.8 Å². The van der Waals surface area contributed by atoms with Gasteiger partial charge in [0, 0.05) is 15.8 Å². The first-order valence-corrected chi connectivity index (χ1v) is 8.04. The molecule has 1 aromatic heterocycles. The van der Waals surface area contributed by atoms with Gasteiger partial charge in [0.25, 0.3) is 5.91 Å². The standard InChI is InChI=1S/C19H13NO2S/c21-14-9-8-12-5-3-6-16(15(12)11-14)20-19(22)18-10-13-4-1-2-7-17(13)23-18/h1-11,21H,(H,20,22). The number of phenols is 1. The molecule has 0 saturated heterocycles. The molecule has 0 atom stereocenters. The van der Waals surface area contributed by atoms with Gasteiger partial charge >= 0.3 is 0 Å². The van der Waals surface area contributed by atoms with Crippen molar-refractivity contribution in [2.45, 2.75) is 0 Å². The fourth-order valence-electron chi connectivity index (χ4n) is 2.65. The summed E-state index contributed by atoms with van der Waals surface area (Å²) in [5.74, 6) is 0.0445. The smallest absolute Gasteiger partial charge is 0.265 e. The molecule has 0 radical (unpaired) electrons. The first-order chi connectivity index (χ1) is 11.2. The van der Waals surface area contributed by atoms with E-state index in [9.17, 15) is 9.90 Å². The molecule has 4 heteroatoms. The SMILES string of the molecule is O=C(Nc1cccc2ccc(O)cc12)c1cc2ccccc2s1. The van der Waals surface area contributed by atoms with Gasteiger partial charge in [-0.05, 0) is 41.1 Å². The molecule has 0 aliphatic carbocycles. The molecule has 4 rings (SSSR count). The van der Waals surface area contributed by atoms with Crippen LogP contribution >= 0.6 is 11.3 Å². The number of phenolic OH excluding ortho intramolecular Hbond substituents is 1. The molecule has 0 aliphatic heterocycles. The molecule has 1 heterocycles. The fourth-order valence-corrected chi connectivity index (χ4v) is 3.61. The van der Waals surface area contributed by atoms with Crippen LogP contribution < -0.4 is 5.32 Å². The molecular weight excluding hydrogens is 306 g/mol. The molecule has 23 heavy (non-hydrogen) atoms. The summed E-state index contributed by atoms with van der Waals surface area (Å²) in [6.07, 6.45) is 0. The summed E-state index contributed by atoms with van der Waals surface area (Å²) in [7, 11) is 0. The monoisotopic (exact) mass is 319 g/mol. The lowest BCUT2D eigenvalue weighted by atomic mass is 10.1. The van der Waals surface area contributed by atoms with Gasteiger partial charge in [-0.15, -0.1) is 11.3 Å². The molecule has 4 aromatic rings. The molecule has 0 aliphatic rings. The van der Waals surface area contributed by atoms with Gasteiger partial charge in [-0.25, -0.2) is 0 Å². The van der Waals surface area contributed by atoms with Crippen LogP contribution in [-0.4, -0.2) is 11.0 Å². The number of carbonyl (C=O) groups excluding carboxylic acids is 1. The van der Waals surface area contributed by atoms with E-state index in [1.165, 1.54) is 11.3 Å². The Labute approximate surface area is 136 Å². The maximum atomic E-state index is 12.5. The number of thiophene rings is 1. The van der Waals surface area contributed by atoms with Crippen LogP contribution in [0, 0.1) is 0 Å². The highest BCUT2D eigenvalue weighted by molar-refractivity contribution is 7.20. The van der Waals surface area contributed by atoms with Gasteiger partial charge < -0.3 is 10.4 Å². The Balaban J connectivity index is 1.72. The number of aromatic hydroxyl groups is 1. The van der Waals surface area contributed by atoms with Crippen LogP contribution in [0.4, 0.5) is 5.69 Å².